The van der Waals surface area contributed by atoms with Crippen LogP contribution in [0.4, 0.5) is 0 Å². The SMILES string of the molecule is Cc1cc(C)c2nc3c(c(Cl)c2c1)CCCC3. The van der Waals surface area contributed by atoms with E-state index in [0.29, 0.717) is 0 Å². The summed E-state index contributed by atoms with van der Waals surface area (Å²) in [5, 5.41) is 2.07. The number of aryl methyl sites for hydroxylation is 3. The molecular formula is C15H16ClN. The summed E-state index contributed by atoms with van der Waals surface area (Å²) >= 11 is 6.56. The predicted molar refractivity (Wildman–Crippen MR) is 72.9 cm³/mol. The molecule has 3 rings (SSSR count). The summed E-state index contributed by atoms with van der Waals surface area (Å²) in [5.41, 5.74) is 6.09. The van der Waals surface area contributed by atoms with Crippen molar-refractivity contribution in [1.82, 2.24) is 4.98 Å². The van der Waals surface area contributed by atoms with Crippen LogP contribution in [0.15, 0.2) is 12.1 Å². The molecule has 1 aromatic heterocycles. The van der Waals surface area contributed by atoms with Gasteiger partial charge in [-0.15, -0.1) is 0 Å². The van der Waals surface area contributed by atoms with Gasteiger partial charge in [0.25, 0.3) is 0 Å². The summed E-state index contributed by atoms with van der Waals surface area (Å²) < 4.78 is 0. The number of halogens is 1. The van der Waals surface area contributed by atoms with Crippen LogP contribution >= 0.6 is 11.6 Å². The van der Waals surface area contributed by atoms with Gasteiger partial charge in [-0.05, 0) is 56.7 Å². The highest BCUT2D eigenvalue weighted by Gasteiger charge is 2.17. The van der Waals surface area contributed by atoms with Gasteiger partial charge in [-0.1, -0.05) is 23.2 Å². The Kier molecular flexibility index (Phi) is 2.59. The number of aromatic nitrogens is 1. The van der Waals surface area contributed by atoms with Crippen LogP contribution in [0.1, 0.15) is 35.2 Å². The maximum atomic E-state index is 6.56. The standard InChI is InChI=1S/C15H16ClN/c1-9-7-10(2)15-12(8-9)14(16)11-5-3-4-6-13(11)17-15/h7-8H,3-6H2,1-2H3. The number of nitrogens with zero attached hydrogens (tertiary/aromatic N) is 1. The lowest BCUT2D eigenvalue weighted by atomic mass is 9.93. The Labute approximate surface area is 107 Å². The van der Waals surface area contributed by atoms with Gasteiger partial charge in [-0.2, -0.15) is 0 Å². The molecule has 0 fully saturated rings. The van der Waals surface area contributed by atoms with Crippen molar-refractivity contribution in [2.45, 2.75) is 39.5 Å². The average molecular weight is 246 g/mol. The number of rotatable bonds is 0. The fourth-order valence-electron chi connectivity index (χ4n) is 2.82. The van der Waals surface area contributed by atoms with Gasteiger partial charge in [0.2, 0.25) is 0 Å². The summed E-state index contributed by atoms with van der Waals surface area (Å²) in [6, 6.07) is 4.34. The molecule has 1 aliphatic carbocycles. The predicted octanol–water partition coefficient (Wildman–Crippen LogP) is 4.38. The largest absolute Gasteiger partial charge is 0.252 e. The van der Waals surface area contributed by atoms with Crippen LogP contribution in [0.25, 0.3) is 10.9 Å². The lowest BCUT2D eigenvalue weighted by molar-refractivity contribution is 0.671. The third-order valence-electron chi connectivity index (χ3n) is 3.63. The molecule has 2 aromatic rings. The van der Waals surface area contributed by atoms with E-state index in [-0.39, 0.29) is 0 Å². The normalized spacial score (nSPS) is 15.0. The molecular weight excluding hydrogens is 230 g/mol. The minimum atomic E-state index is 0.941. The smallest absolute Gasteiger partial charge is 0.0749 e. The molecule has 0 atom stereocenters. The van der Waals surface area contributed by atoms with Gasteiger partial charge >= 0.3 is 0 Å². The van der Waals surface area contributed by atoms with E-state index < -0.39 is 0 Å². The lowest BCUT2D eigenvalue weighted by Gasteiger charge is -2.18. The van der Waals surface area contributed by atoms with Crippen LogP contribution in [-0.2, 0) is 12.8 Å². The molecule has 88 valence electrons. The van der Waals surface area contributed by atoms with Crippen molar-refractivity contribution in [1.29, 1.82) is 0 Å². The third kappa shape index (κ3) is 1.73. The minimum Gasteiger partial charge on any atom is -0.252 e. The lowest BCUT2D eigenvalue weighted by Crippen LogP contribution is -2.07. The topological polar surface area (TPSA) is 12.9 Å². The Bertz CT molecular complexity index is 602. The zero-order valence-corrected chi connectivity index (χ0v) is 11.1. The molecule has 0 saturated heterocycles. The molecule has 0 aliphatic heterocycles. The Morgan fingerprint density at radius 1 is 1.12 bits per heavy atom. The minimum absolute atomic E-state index is 0.941. The zero-order valence-electron chi connectivity index (χ0n) is 10.3. The molecule has 0 amide bonds. The molecule has 1 aromatic carbocycles. The Hall–Kier alpha value is -1.08. The van der Waals surface area contributed by atoms with Crippen LogP contribution < -0.4 is 0 Å². The molecule has 0 spiro atoms. The quantitative estimate of drug-likeness (QED) is 0.671. The van der Waals surface area contributed by atoms with Crippen molar-refractivity contribution in [3.63, 3.8) is 0 Å². The zero-order chi connectivity index (χ0) is 12.0. The fourth-order valence-corrected chi connectivity index (χ4v) is 3.17. The van der Waals surface area contributed by atoms with Crippen LogP contribution in [0.5, 0.6) is 0 Å². The highest BCUT2D eigenvalue weighted by atomic mass is 35.5. The summed E-state index contributed by atoms with van der Waals surface area (Å²) in [7, 11) is 0. The molecule has 0 saturated carbocycles. The molecule has 0 bridgehead atoms. The second kappa shape index (κ2) is 3.99. The van der Waals surface area contributed by atoms with Gasteiger partial charge in [0.15, 0.2) is 0 Å². The van der Waals surface area contributed by atoms with Gasteiger partial charge < -0.3 is 0 Å². The molecule has 0 N–H and O–H groups in total. The molecule has 1 aliphatic rings. The first-order valence-corrected chi connectivity index (χ1v) is 6.63. The summed E-state index contributed by atoms with van der Waals surface area (Å²) in [6.45, 7) is 4.23. The number of fused-ring (bicyclic) bond motifs is 2. The van der Waals surface area contributed by atoms with Crippen molar-refractivity contribution < 1.29 is 0 Å². The second-order valence-electron chi connectivity index (χ2n) is 5.04. The molecule has 17 heavy (non-hydrogen) atoms. The first kappa shape index (κ1) is 11.0. The van der Waals surface area contributed by atoms with Crippen LogP contribution in [0.3, 0.4) is 0 Å². The van der Waals surface area contributed by atoms with Crippen LogP contribution in [0.2, 0.25) is 5.02 Å². The maximum absolute atomic E-state index is 6.56. The summed E-state index contributed by atoms with van der Waals surface area (Å²) in [4.78, 5) is 4.83. The first-order chi connectivity index (χ1) is 8.16. The number of hydrogen-bond acceptors (Lipinski definition) is 1. The first-order valence-electron chi connectivity index (χ1n) is 6.25. The monoisotopic (exact) mass is 245 g/mol. The number of hydrogen-bond donors (Lipinski definition) is 0. The highest BCUT2D eigenvalue weighted by Crippen LogP contribution is 2.34. The molecule has 2 heteroatoms. The van der Waals surface area contributed by atoms with Gasteiger partial charge in [0.1, 0.15) is 0 Å². The fraction of sp³-hybridized carbons (Fsp3) is 0.400. The van der Waals surface area contributed by atoms with E-state index in [1.54, 1.807) is 0 Å². The van der Waals surface area contributed by atoms with Crippen molar-refractivity contribution in [2.75, 3.05) is 0 Å². The van der Waals surface area contributed by atoms with Gasteiger partial charge in [-0.25, -0.2) is 0 Å². The third-order valence-corrected chi connectivity index (χ3v) is 4.06. The van der Waals surface area contributed by atoms with Gasteiger partial charge in [0, 0.05) is 11.1 Å². The molecule has 0 unspecified atom stereocenters. The Balaban J connectivity index is 2.40. The maximum Gasteiger partial charge on any atom is 0.0749 e. The van der Waals surface area contributed by atoms with E-state index >= 15 is 0 Å². The Morgan fingerprint density at radius 3 is 2.71 bits per heavy atom. The van der Waals surface area contributed by atoms with Crippen LogP contribution in [0, 0.1) is 13.8 Å². The van der Waals surface area contributed by atoms with Crippen molar-refractivity contribution >= 4 is 22.5 Å². The van der Waals surface area contributed by atoms with Gasteiger partial charge in [0.05, 0.1) is 10.5 Å². The van der Waals surface area contributed by atoms with E-state index in [1.165, 1.54) is 35.2 Å². The van der Waals surface area contributed by atoms with E-state index in [0.717, 1.165) is 28.8 Å². The van der Waals surface area contributed by atoms with E-state index in [4.69, 9.17) is 16.6 Å². The average Bonchev–Trinajstić information content (AvgIpc) is 2.31. The van der Waals surface area contributed by atoms with E-state index in [2.05, 4.69) is 26.0 Å². The van der Waals surface area contributed by atoms with Crippen molar-refractivity contribution in [2.24, 2.45) is 0 Å². The second-order valence-corrected chi connectivity index (χ2v) is 5.41. The Morgan fingerprint density at radius 2 is 1.88 bits per heavy atom. The van der Waals surface area contributed by atoms with Gasteiger partial charge in [-0.3, -0.25) is 4.98 Å². The van der Waals surface area contributed by atoms with Crippen molar-refractivity contribution in [3.05, 3.63) is 39.5 Å². The number of pyridine rings is 1. The summed E-state index contributed by atoms with van der Waals surface area (Å²) in [6.07, 6.45) is 4.65. The summed E-state index contributed by atoms with van der Waals surface area (Å²) in [5.74, 6) is 0. The molecule has 1 nitrogen and oxygen atoms in total. The number of benzene rings is 1. The van der Waals surface area contributed by atoms with Crippen LogP contribution in [-0.4, -0.2) is 4.98 Å². The highest BCUT2D eigenvalue weighted by molar-refractivity contribution is 6.36. The van der Waals surface area contributed by atoms with E-state index in [9.17, 15) is 0 Å². The van der Waals surface area contributed by atoms with Crippen molar-refractivity contribution in [3.8, 4) is 0 Å². The molecule has 0 radical (unpaired) electrons. The molecule has 1 heterocycles. The van der Waals surface area contributed by atoms with E-state index in [1.807, 2.05) is 0 Å².